The summed E-state index contributed by atoms with van der Waals surface area (Å²) < 4.78 is 24.0. The van der Waals surface area contributed by atoms with Gasteiger partial charge in [0.25, 0.3) is 0 Å². The van der Waals surface area contributed by atoms with Gasteiger partial charge in [-0.05, 0) is 19.3 Å². The van der Waals surface area contributed by atoms with Gasteiger partial charge in [-0.15, -0.1) is 0 Å². The van der Waals surface area contributed by atoms with Gasteiger partial charge in [-0.1, -0.05) is 6.92 Å². The molecule has 0 spiro atoms. The summed E-state index contributed by atoms with van der Waals surface area (Å²) in [6, 6.07) is -0.357. The van der Waals surface area contributed by atoms with Crippen LogP contribution in [-0.2, 0) is 14.8 Å². The van der Waals surface area contributed by atoms with Crippen LogP contribution in [0.2, 0.25) is 0 Å². The third-order valence-corrected chi connectivity index (χ3v) is 4.49. The summed E-state index contributed by atoms with van der Waals surface area (Å²) in [6.45, 7) is 2.78. The van der Waals surface area contributed by atoms with Gasteiger partial charge in [0.15, 0.2) is 0 Å². The summed E-state index contributed by atoms with van der Waals surface area (Å²) >= 11 is 0. The van der Waals surface area contributed by atoms with Gasteiger partial charge in [0.2, 0.25) is 10.0 Å². The van der Waals surface area contributed by atoms with Crippen molar-refractivity contribution in [2.75, 3.05) is 32.4 Å². The maximum absolute atomic E-state index is 12.0. The molecule has 1 atom stereocenters. The second-order valence-electron chi connectivity index (χ2n) is 5.36. The Morgan fingerprint density at radius 1 is 1.33 bits per heavy atom. The SMILES string of the molecule is CCC1(C(=O)O)CCCN(C(=O)NCCNS(C)(=O)=O)C1. The van der Waals surface area contributed by atoms with E-state index in [2.05, 4.69) is 10.0 Å². The largest absolute Gasteiger partial charge is 0.481 e. The van der Waals surface area contributed by atoms with Crippen LogP contribution in [0.25, 0.3) is 0 Å². The summed E-state index contributed by atoms with van der Waals surface area (Å²) in [4.78, 5) is 24.9. The first-order chi connectivity index (χ1) is 9.70. The predicted octanol–water partition coefficient (Wildman–Crippen LogP) is -0.178. The minimum absolute atomic E-state index is 0.107. The molecular formula is C12H23N3O5S. The number of carbonyl (C=O) groups excluding carboxylic acids is 1. The summed E-state index contributed by atoms with van der Waals surface area (Å²) in [5, 5.41) is 11.9. The number of rotatable bonds is 6. The molecule has 0 aromatic heterocycles. The van der Waals surface area contributed by atoms with E-state index in [9.17, 15) is 23.1 Å². The van der Waals surface area contributed by atoms with Crippen LogP contribution in [-0.4, -0.2) is 62.9 Å². The maximum Gasteiger partial charge on any atom is 0.317 e. The van der Waals surface area contributed by atoms with E-state index in [0.29, 0.717) is 25.8 Å². The van der Waals surface area contributed by atoms with Crippen molar-refractivity contribution < 1.29 is 23.1 Å². The van der Waals surface area contributed by atoms with Gasteiger partial charge in [0.05, 0.1) is 11.7 Å². The predicted molar refractivity (Wildman–Crippen MR) is 77.4 cm³/mol. The number of nitrogens with zero attached hydrogens (tertiary/aromatic N) is 1. The average Bonchev–Trinajstić information content (AvgIpc) is 2.42. The zero-order chi connectivity index (χ0) is 16.1. The molecule has 1 aliphatic rings. The fourth-order valence-corrected chi connectivity index (χ4v) is 2.91. The molecular weight excluding hydrogens is 298 g/mol. The highest BCUT2D eigenvalue weighted by molar-refractivity contribution is 7.88. The van der Waals surface area contributed by atoms with Crippen LogP contribution in [0.3, 0.4) is 0 Å². The van der Waals surface area contributed by atoms with Gasteiger partial charge < -0.3 is 15.3 Å². The van der Waals surface area contributed by atoms with Gasteiger partial charge in [-0.25, -0.2) is 17.9 Å². The van der Waals surface area contributed by atoms with Crippen molar-refractivity contribution in [1.82, 2.24) is 14.9 Å². The van der Waals surface area contributed by atoms with Crippen molar-refractivity contribution in [3.05, 3.63) is 0 Å². The minimum atomic E-state index is -3.27. The fourth-order valence-electron chi connectivity index (χ4n) is 2.44. The molecule has 8 nitrogen and oxygen atoms in total. The van der Waals surface area contributed by atoms with Gasteiger partial charge in [-0.3, -0.25) is 4.79 Å². The second-order valence-corrected chi connectivity index (χ2v) is 7.20. The van der Waals surface area contributed by atoms with Crippen LogP contribution >= 0.6 is 0 Å². The molecule has 1 fully saturated rings. The Kier molecular flexibility index (Phi) is 5.97. The summed E-state index contributed by atoms with van der Waals surface area (Å²) in [6.07, 6.45) is 2.73. The van der Waals surface area contributed by atoms with Gasteiger partial charge in [0, 0.05) is 26.2 Å². The quantitative estimate of drug-likeness (QED) is 0.587. The molecule has 0 aliphatic carbocycles. The van der Waals surface area contributed by atoms with Crippen molar-refractivity contribution in [3.8, 4) is 0 Å². The molecule has 1 saturated heterocycles. The zero-order valence-corrected chi connectivity index (χ0v) is 13.2. The Morgan fingerprint density at radius 2 is 2.00 bits per heavy atom. The van der Waals surface area contributed by atoms with Crippen molar-refractivity contribution in [2.24, 2.45) is 5.41 Å². The molecule has 3 N–H and O–H groups in total. The van der Waals surface area contributed by atoms with E-state index in [1.807, 2.05) is 6.92 Å². The lowest BCUT2D eigenvalue weighted by atomic mass is 9.78. The Hall–Kier alpha value is -1.35. The lowest BCUT2D eigenvalue weighted by molar-refractivity contribution is -0.152. The van der Waals surface area contributed by atoms with Crippen LogP contribution in [0.1, 0.15) is 26.2 Å². The minimum Gasteiger partial charge on any atom is -0.481 e. The first-order valence-corrected chi connectivity index (χ1v) is 8.80. The highest BCUT2D eigenvalue weighted by atomic mass is 32.2. The highest BCUT2D eigenvalue weighted by Crippen LogP contribution is 2.33. The normalized spacial score (nSPS) is 22.9. The van der Waals surface area contributed by atoms with Crippen LogP contribution in [0.15, 0.2) is 0 Å². The number of piperidine rings is 1. The number of hydrogen-bond donors (Lipinski definition) is 3. The van der Waals surface area contributed by atoms with Crippen molar-refractivity contribution >= 4 is 22.0 Å². The van der Waals surface area contributed by atoms with Crippen LogP contribution < -0.4 is 10.0 Å². The standard InChI is InChI=1S/C12H23N3O5S/c1-3-12(10(16)17)5-4-8-15(9-12)11(18)13-6-7-14-21(2,19)20/h14H,3-9H2,1-2H3,(H,13,18)(H,16,17). The Balaban J connectivity index is 2.49. The summed E-state index contributed by atoms with van der Waals surface area (Å²) in [5.41, 5.74) is -0.874. The van der Waals surface area contributed by atoms with Crippen molar-refractivity contribution in [2.45, 2.75) is 26.2 Å². The van der Waals surface area contributed by atoms with E-state index < -0.39 is 21.4 Å². The number of nitrogens with one attached hydrogen (secondary N) is 2. The fraction of sp³-hybridized carbons (Fsp3) is 0.833. The van der Waals surface area contributed by atoms with Gasteiger partial charge in [0.1, 0.15) is 0 Å². The van der Waals surface area contributed by atoms with E-state index in [1.54, 1.807) is 0 Å². The van der Waals surface area contributed by atoms with Crippen LogP contribution in [0, 0.1) is 5.41 Å². The lowest BCUT2D eigenvalue weighted by Gasteiger charge is -2.39. The van der Waals surface area contributed by atoms with E-state index in [1.165, 1.54) is 4.90 Å². The summed E-state index contributed by atoms with van der Waals surface area (Å²) in [7, 11) is -3.27. The molecule has 1 heterocycles. The number of likely N-dealkylation sites (tertiary alicyclic amines) is 1. The average molecular weight is 321 g/mol. The Bertz CT molecular complexity index is 493. The number of sulfonamides is 1. The third-order valence-electron chi connectivity index (χ3n) is 3.76. The number of carboxylic acid groups (broad SMARTS) is 1. The van der Waals surface area contributed by atoms with Crippen molar-refractivity contribution in [1.29, 1.82) is 0 Å². The Morgan fingerprint density at radius 3 is 2.52 bits per heavy atom. The third kappa shape index (κ3) is 5.16. The first kappa shape index (κ1) is 17.7. The second kappa shape index (κ2) is 7.08. The first-order valence-electron chi connectivity index (χ1n) is 6.91. The molecule has 0 saturated carbocycles. The molecule has 122 valence electrons. The molecule has 21 heavy (non-hydrogen) atoms. The van der Waals surface area contributed by atoms with E-state index in [-0.39, 0.29) is 25.7 Å². The molecule has 1 unspecified atom stereocenters. The number of carboxylic acids is 1. The highest BCUT2D eigenvalue weighted by Gasteiger charge is 2.42. The zero-order valence-electron chi connectivity index (χ0n) is 12.4. The number of hydrogen-bond acceptors (Lipinski definition) is 4. The molecule has 0 aromatic rings. The number of urea groups is 1. The molecule has 1 aliphatic heterocycles. The number of aliphatic carboxylic acids is 1. The molecule has 9 heteroatoms. The molecule has 2 amide bonds. The van der Waals surface area contributed by atoms with Crippen LogP contribution in [0.5, 0.6) is 0 Å². The topological polar surface area (TPSA) is 116 Å². The molecule has 0 bridgehead atoms. The monoisotopic (exact) mass is 321 g/mol. The molecule has 0 radical (unpaired) electrons. The van der Waals surface area contributed by atoms with Crippen LogP contribution in [0.4, 0.5) is 4.79 Å². The van der Waals surface area contributed by atoms with Gasteiger partial charge >= 0.3 is 12.0 Å². The Labute approximate surface area is 124 Å². The van der Waals surface area contributed by atoms with E-state index in [4.69, 9.17) is 0 Å². The van der Waals surface area contributed by atoms with E-state index in [0.717, 1.165) is 6.26 Å². The number of amides is 2. The van der Waals surface area contributed by atoms with Crippen molar-refractivity contribution in [3.63, 3.8) is 0 Å². The smallest absolute Gasteiger partial charge is 0.317 e. The van der Waals surface area contributed by atoms with Gasteiger partial charge in [-0.2, -0.15) is 0 Å². The maximum atomic E-state index is 12.0. The molecule has 1 rings (SSSR count). The summed E-state index contributed by atoms with van der Waals surface area (Å²) in [5.74, 6) is -0.874. The number of carbonyl (C=O) groups is 2. The molecule has 0 aromatic carbocycles. The lowest BCUT2D eigenvalue weighted by Crippen LogP contribution is -2.53. The van der Waals surface area contributed by atoms with E-state index >= 15 is 0 Å².